The largest absolute Gasteiger partial charge is 0.330 e. The van der Waals surface area contributed by atoms with Crippen molar-refractivity contribution >= 4 is 23.2 Å². The minimum Gasteiger partial charge on any atom is -0.330 e. The van der Waals surface area contributed by atoms with E-state index in [2.05, 4.69) is 10.3 Å². The zero-order valence-electron chi connectivity index (χ0n) is 10.5. The Kier molecular flexibility index (Phi) is 5.19. The second-order valence-corrected chi connectivity index (χ2v) is 5.17. The Labute approximate surface area is 122 Å². The van der Waals surface area contributed by atoms with E-state index in [1.54, 1.807) is 4.68 Å². The Morgan fingerprint density at radius 3 is 2.58 bits per heavy atom. The maximum atomic E-state index is 6.13. The second-order valence-electron chi connectivity index (χ2n) is 4.35. The van der Waals surface area contributed by atoms with Gasteiger partial charge in [-0.1, -0.05) is 34.5 Å². The van der Waals surface area contributed by atoms with E-state index >= 15 is 0 Å². The monoisotopic (exact) mass is 298 g/mol. The molecule has 0 aliphatic carbocycles. The summed E-state index contributed by atoms with van der Waals surface area (Å²) < 4.78 is 1.75. The van der Waals surface area contributed by atoms with Crippen LogP contribution in [0, 0.1) is 0 Å². The molecule has 0 atom stereocenters. The topological polar surface area (TPSA) is 56.7 Å². The number of aromatic nitrogens is 3. The first-order valence-electron chi connectivity index (χ1n) is 6.22. The smallest absolute Gasteiger partial charge is 0.0827 e. The van der Waals surface area contributed by atoms with Gasteiger partial charge in [-0.3, -0.25) is 0 Å². The lowest BCUT2D eigenvalue weighted by Crippen LogP contribution is -2.01. The molecular formula is C13H16Cl2N4. The summed E-state index contributed by atoms with van der Waals surface area (Å²) in [4.78, 5) is 0. The molecule has 1 aromatic heterocycles. The fraction of sp³-hybridized carbons (Fsp3) is 0.385. The van der Waals surface area contributed by atoms with E-state index in [0.29, 0.717) is 23.1 Å². The first-order chi connectivity index (χ1) is 9.20. The second kappa shape index (κ2) is 6.89. The molecule has 0 spiro atoms. The number of aryl methyl sites for hydroxylation is 1. The molecule has 0 saturated heterocycles. The third-order valence-corrected chi connectivity index (χ3v) is 3.56. The summed E-state index contributed by atoms with van der Waals surface area (Å²) in [7, 11) is 0. The number of nitrogens with zero attached hydrogens (tertiary/aromatic N) is 3. The highest BCUT2D eigenvalue weighted by atomic mass is 35.5. The van der Waals surface area contributed by atoms with Gasteiger partial charge < -0.3 is 5.73 Å². The van der Waals surface area contributed by atoms with Crippen LogP contribution in [-0.4, -0.2) is 21.5 Å². The zero-order chi connectivity index (χ0) is 13.7. The van der Waals surface area contributed by atoms with Gasteiger partial charge in [0.1, 0.15) is 0 Å². The van der Waals surface area contributed by atoms with Gasteiger partial charge in [0.15, 0.2) is 0 Å². The highest BCUT2D eigenvalue weighted by molar-refractivity contribution is 6.35. The number of rotatable bonds is 6. The fourth-order valence-corrected chi connectivity index (χ4v) is 2.34. The van der Waals surface area contributed by atoms with Crippen LogP contribution in [0.3, 0.4) is 0 Å². The van der Waals surface area contributed by atoms with Crippen molar-refractivity contribution < 1.29 is 0 Å². The van der Waals surface area contributed by atoms with E-state index in [1.165, 1.54) is 0 Å². The van der Waals surface area contributed by atoms with Gasteiger partial charge in [-0.2, -0.15) is 0 Å². The molecule has 2 rings (SSSR count). The van der Waals surface area contributed by atoms with E-state index in [4.69, 9.17) is 28.9 Å². The van der Waals surface area contributed by atoms with Gasteiger partial charge in [0.25, 0.3) is 0 Å². The van der Waals surface area contributed by atoms with Crippen LogP contribution >= 0.6 is 23.2 Å². The molecular weight excluding hydrogens is 283 g/mol. The third-order valence-electron chi connectivity index (χ3n) is 2.85. The minimum atomic E-state index is 0.530. The summed E-state index contributed by atoms with van der Waals surface area (Å²) in [6.07, 6.45) is 4.86. The lowest BCUT2D eigenvalue weighted by atomic mass is 10.2. The molecule has 19 heavy (non-hydrogen) atoms. The van der Waals surface area contributed by atoms with Gasteiger partial charge in [-0.05, 0) is 37.9 Å². The molecule has 0 unspecified atom stereocenters. The molecule has 102 valence electrons. The standard InChI is InChI=1S/C13H16Cl2N4/c14-12-5-3-6-13(15)11(12)9-19-8-10(17-18-19)4-1-2-7-16/h3,5-6,8H,1-2,4,7,9,16H2. The first-order valence-corrected chi connectivity index (χ1v) is 6.98. The van der Waals surface area contributed by atoms with E-state index in [0.717, 1.165) is 30.5 Å². The average Bonchev–Trinajstić information content (AvgIpc) is 2.82. The zero-order valence-corrected chi connectivity index (χ0v) is 12.0. The van der Waals surface area contributed by atoms with Gasteiger partial charge in [0, 0.05) is 21.8 Å². The summed E-state index contributed by atoms with van der Waals surface area (Å²) in [5, 5.41) is 9.51. The molecule has 1 aromatic carbocycles. The van der Waals surface area contributed by atoms with Crippen molar-refractivity contribution in [3.8, 4) is 0 Å². The van der Waals surface area contributed by atoms with Crippen LogP contribution in [0.4, 0.5) is 0 Å². The van der Waals surface area contributed by atoms with Crippen molar-refractivity contribution in [3.63, 3.8) is 0 Å². The van der Waals surface area contributed by atoms with E-state index in [9.17, 15) is 0 Å². The summed E-state index contributed by atoms with van der Waals surface area (Å²) in [6, 6.07) is 5.47. The molecule has 6 heteroatoms. The van der Waals surface area contributed by atoms with Crippen LogP contribution < -0.4 is 5.73 Å². The van der Waals surface area contributed by atoms with Gasteiger partial charge in [0.2, 0.25) is 0 Å². The van der Waals surface area contributed by atoms with Crippen LogP contribution in [0.5, 0.6) is 0 Å². The molecule has 0 aliphatic rings. The lowest BCUT2D eigenvalue weighted by molar-refractivity contribution is 0.649. The van der Waals surface area contributed by atoms with E-state index in [-0.39, 0.29) is 0 Å². The maximum Gasteiger partial charge on any atom is 0.0827 e. The maximum absolute atomic E-state index is 6.13. The lowest BCUT2D eigenvalue weighted by Gasteiger charge is -2.05. The molecule has 0 bridgehead atoms. The van der Waals surface area contributed by atoms with Gasteiger partial charge >= 0.3 is 0 Å². The highest BCUT2D eigenvalue weighted by Crippen LogP contribution is 2.24. The minimum absolute atomic E-state index is 0.530. The SMILES string of the molecule is NCCCCc1cn(Cc2c(Cl)cccc2Cl)nn1. The van der Waals surface area contributed by atoms with Crippen molar-refractivity contribution in [3.05, 3.63) is 45.7 Å². The predicted molar refractivity (Wildman–Crippen MR) is 77.6 cm³/mol. The number of benzene rings is 1. The molecule has 0 fully saturated rings. The summed E-state index contributed by atoms with van der Waals surface area (Å²) >= 11 is 12.3. The normalized spacial score (nSPS) is 10.9. The van der Waals surface area contributed by atoms with Crippen LogP contribution in [-0.2, 0) is 13.0 Å². The fourth-order valence-electron chi connectivity index (χ4n) is 1.83. The van der Waals surface area contributed by atoms with Gasteiger partial charge in [0.05, 0.1) is 12.2 Å². The Morgan fingerprint density at radius 2 is 1.89 bits per heavy atom. The molecule has 0 amide bonds. The molecule has 2 aromatic rings. The van der Waals surface area contributed by atoms with Gasteiger partial charge in [-0.25, -0.2) is 4.68 Å². The quantitative estimate of drug-likeness (QED) is 0.834. The predicted octanol–water partition coefficient (Wildman–Crippen LogP) is 2.91. The van der Waals surface area contributed by atoms with Crippen LogP contribution in [0.1, 0.15) is 24.1 Å². The van der Waals surface area contributed by atoms with Crippen molar-refractivity contribution in [1.29, 1.82) is 0 Å². The average molecular weight is 299 g/mol. The number of hydrogen-bond acceptors (Lipinski definition) is 3. The third kappa shape index (κ3) is 3.93. The van der Waals surface area contributed by atoms with Crippen molar-refractivity contribution in [2.75, 3.05) is 6.54 Å². The number of halogens is 2. The van der Waals surface area contributed by atoms with Crippen LogP contribution in [0.15, 0.2) is 24.4 Å². The van der Waals surface area contributed by atoms with Crippen molar-refractivity contribution in [2.45, 2.75) is 25.8 Å². The van der Waals surface area contributed by atoms with Crippen molar-refractivity contribution in [2.24, 2.45) is 5.73 Å². The molecule has 0 radical (unpaired) electrons. The van der Waals surface area contributed by atoms with Crippen LogP contribution in [0.2, 0.25) is 10.0 Å². The highest BCUT2D eigenvalue weighted by Gasteiger charge is 2.08. The molecule has 0 saturated carbocycles. The van der Waals surface area contributed by atoms with Crippen molar-refractivity contribution in [1.82, 2.24) is 15.0 Å². The van der Waals surface area contributed by atoms with Gasteiger partial charge in [-0.15, -0.1) is 5.10 Å². The summed E-state index contributed by atoms with van der Waals surface area (Å²) in [6.45, 7) is 1.24. The van der Waals surface area contributed by atoms with Crippen LogP contribution in [0.25, 0.3) is 0 Å². The number of unbranched alkanes of at least 4 members (excludes halogenated alkanes) is 1. The molecule has 0 aliphatic heterocycles. The number of hydrogen-bond donors (Lipinski definition) is 1. The van der Waals surface area contributed by atoms with E-state index < -0.39 is 0 Å². The van der Waals surface area contributed by atoms with E-state index in [1.807, 2.05) is 24.4 Å². The number of nitrogens with two attached hydrogens (primary N) is 1. The molecule has 2 N–H and O–H groups in total. The Morgan fingerprint density at radius 1 is 1.16 bits per heavy atom. The molecule has 4 nitrogen and oxygen atoms in total. The first kappa shape index (κ1) is 14.3. The Hall–Kier alpha value is -1.10. The Balaban J connectivity index is 2.03. The summed E-state index contributed by atoms with van der Waals surface area (Å²) in [5.74, 6) is 0. The Bertz CT molecular complexity index is 519. The summed E-state index contributed by atoms with van der Waals surface area (Å²) in [5.41, 5.74) is 7.30. The molecule has 1 heterocycles.